The van der Waals surface area contributed by atoms with Gasteiger partial charge in [-0.05, 0) is 70.8 Å². The number of rotatable bonds is 6. The number of likely N-dealkylation sites (N-methyl/N-ethyl adjacent to an activating group) is 1. The van der Waals surface area contributed by atoms with E-state index < -0.39 is 12.0 Å². The third-order valence-electron chi connectivity index (χ3n) is 5.63. The van der Waals surface area contributed by atoms with Crippen molar-refractivity contribution < 1.29 is 33.2 Å². The number of cyclic esters (lactones) is 1. The van der Waals surface area contributed by atoms with E-state index in [-0.39, 0.29) is 29.0 Å². The molecule has 4 rings (SSSR count). The zero-order chi connectivity index (χ0) is 25.6. The third kappa shape index (κ3) is 6.54. The molecule has 1 fully saturated rings. The number of nitrogens with one attached hydrogen (secondary N) is 1. The second kappa shape index (κ2) is 11.3. The van der Waals surface area contributed by atoms with E-state index in [9.17, 15) is 19.2 Å². The number of anilines is 1. The number of Topliss-reactive ketones (excluding diaryl/α,β-unsaturated/α-hetero) is 2. The minimum atomic E-state index is -0.767. The summed E-state index contributed by atoms with van der Waals surface area (Å²) in [6.07, 6.45) is 2.61. The summed E-state index contributed by atoms with van der Waals surface area (Å²) in [6.45, 7) is 6.96. The van der Waals surface area contributed by atoms with Gasteiger partial charge in [0.25, 0.3) is 6.47 Å². The Morgan fingerprint density at radius 3 is 2.66 bits per heavy atom. The van der Waals surface area contributed by atoms with Crippen LogP contribution in [0, 0.1) is 5.92 Å². The van der Waals surface area contributed by atoms with E-state index in [1.54, 1.807) is 24.1 Å². The van der Waals surface area contributed by atoms with E-state index in [0.717, 1.165) is 5.56 Å². The van der Waals surface area contributed by atoms with Crippen molar-refractivity contribution in [1.29, 1.82) is 0 Å². The summed E-state index contributed by atoms with van der Waals surface area (Å²) in [4.78, 5) is 49.0. The predicted molar refractivity (Wildman–Crippen MR) is 126 cm³/mol. The highest BCUT2D eigenvalue weighted by atomic mass is 16.6. The van der Waals surface area contributed by atoms with E-state index in [4.69, 9.17) is 9.26 Å². The normalized spacial score (nSPS) is 19.7. The van der Waals surface area contributed by atoms with Crippen LogP contribution in [0.25, 0.3) is 0 Å². The van der Waals surface area contributed by atoms with Gasteiger partial charge in [0.05, 0.1) is 18.7 Å². The Bertz CT molecular complexity index is 1060. The molecule has 2 aromatic rings. The Balaban J connectivity index is 0.000000429. The van der Waals surface area contributed by atoms with Crippen LogP contribution >= 0.6 is 0 Å². The molecule has 1 aliphatic carbocycles. The highest BCUT2D eigenvalue weighted by Crippen LogP contribution is 2.31. The van der Waals surface area contributed by atoms with Crippen molar-refractivity contribution in [1.82, 2.24) is 10.5 Å². The number of ketones is 2. The number of benzene rings is 1. The molecule has 2 aliphatic rings. The van der Waals surface area contributed by atoms with Crippen LogP contribution in [0.15, 0.2) is 35.0 Å². The van der Waals surface area contributed by atoms with Gasteiger partial charge >= 0.3 is 6.09 Å². The fraction of sp³-hybridized carbons (Fsp3) is 0.480. The fourth-order valence-electron chi connectivity index (χ4n) is 3.99. The molecule has 1 aromatic heterocycles. The van der Waals surface area contributed by atoms with Gasteiger partial charge in [-0.15, -0.1) is 0 Å². The highest BCUT2D eigenvalue weighted by Gasteiger charge is 2.35. The molecular weight excluding hydrogens is 454 g/mol. The quantitative estimate of drug-likeness (QED) is 0.284. The molecule has 2 heterocycles. The van der Waals surface area contributed by atoms with Crippen molar-refractivity contribution in [2.45, 2.75) is 51.7 Å². The molecule has 1 aliphatic heterocycles. The van der Waals surface area contributed by atoms with Gasteiger partial charge in [0.1, 0.15) is 11.7 Å². The van der Waals surface area contributed by atoms with Gasteiger partial charge < -0.3 is 19.3 Å². The molecule has 0 bridgehead atoms. The molecule has 10 heteroatoms. The topological polar surface area (TPSA) is 128 Å². The van der Waals surface area contributed by atoms with E-state index in [0.29, 0.717) is 50.1 Å². The fourth-order valence-corrected chi connectivity index (χ4v) is 3.99. The van der Waals surface area contributed by atoms with Crippen LogP contribution in [-0.4, -0.2) is 61.1 Å². The number of hydrogen-bond acceptors (Lipinski definition) is 9. The molecule has 1 saturated heterocycles. The lowest BCUT2D eigenvalue weighted by atomic mass is 9.90. The van der Waals surface area contributed by atoms with Crippen molar-refractivity contribution in [3.63, 3.8) is 0 Å². The molecule has 188 valence electrons. The van der Waals surface area contributed by atoms with Crippen molar-refractivity contribution in [3.05, 3.63) is 47.3 Å². The summed E-state index contributed by atoms with van der Waals surface area (Å²) < 4.78 is 14.8. The molecule has 1 N–H and O–H groups in total. The van der Waals surface area contributed by atoms with Gasteiger partial charge in [0.15, 0.2) is 5.78 Å². The first-order valence-corrected chi connectivity index (χ1v) is 11.5. The number of hydrogen-bond donors (Lipinski definition) is 1. The average molecular weight is 486 g/mol. The Hall–Kier alpha value is -3.53. The van der Waals surface area contributed by atoms with E-state index in [1.807, 2.05) is 26.8 Å². The molecular formula is C25H31N3O7. The standard InChI is InChI=1S/C20H21N3O5.C5H10O2/c1-21-10-14-11-23(20(26)27-14)13-5-6-15-12(9-13)3-2-4-16(18(15)24)19(25)17-7-8-22-28-17;1-5(2,3)7-4-6/h5-9,14,16,21H,2-4,10-11H2,1H3;4H,1-3H3. The first-order chi connectivity index (χ1) is 16.6. The Labute approximate surface area is 203 Å². The van der Waals surface area contributed by atoms with Crippen LogP contribution in [-0.2, 0) is 20.7 Å². The maximum Gasteiger partial charge on any atom is 0.414 e. The number of amides is 1. The molecule has 10 nitrogen and oxygen atoms in total. The Morgan fingerprint density at radius 1 is 1.29 bits per heavy atom. The minimum Gasteiger partial charge on any atom is -0.462 e. The van der Waals surface area contributed by atoms with Crippen LogP contribution in [0.4, 0.5) is 10.5 Å². The zero-order valence-corrected chi connectivity index (χ0v) is 20.4. The van der Waals surface area contributed by atoms with Crippen LogP contribution < -0.4 is 10.2 Å². The SMILES string of the molecule is CC(C)(C)OC=O.CNCC1CN(c2ccc3c(c2)CCCC(C(=O)c2ccno2)C3=O)C(=O)O1. The number of ether oxygens (including phenoxy) is 2. The van der Waals surface area contributed by atoms with Gasteiger partial charge in [0.2, 0.25) is 11.5 Å². The van der Waals surface area contributed by atoms with Gasteiger partial charge in [0, 0.05) is 23.9 Å². The number of nitrogens with zero attached hydrogens (tertiary/aromatic N) is 2. The number of carbonyl (C=O) groups is 4. The second-order valence-corrected chi connectivity index (χ2v) is 9.39. The monoisotopic (exact) mass is 485 g/mol. The lowest BCUT2D eigenvalue weighted by Gasteiger charge is -2.16. The van der Waals surface area contributed by atoms with E-state index >= 15 is 0 Å². The predicted octanol–water partition coefficient (Wildman–Crippen LogP) is 3.20. The Kier molecular flexibility index (Phi) is 8.39. The average Bonchev–Trinajstić information content (AvgIpc) is 3.42. The van der Waals surface area contributed by atoms with Crippen molar-refractivity contribution in [3.8, 4) is 0 Å². The molecule has 1 aromatic carbocycles. The zero-order valence-electron chi connectivity index (χ0n) is 20.4. The molecule has 35 heavy (non-hydrogen) atoms. The summed E-state index contributed by atoms with van der Waals surface area (Å²) in [6, 6.07) is 6.78. The summed E-state index contributed by atoms with van der Waals surface area (Å²) >= 11 is 0. The molecule has 0 spiro atoms. The van der Waals surface area contributed by atoms with Gasteiger partial charge in [-0.1, -0.05) is 5.16 Å². The molecule has 0 saturated carbocycles. The first-order valence-electron chi connectivity index (χ1n) is 11.5. The van der Waals surface area contributed by atoms with Gasteiger partial charge in [-0.3, -0.25) is 19.3 Å². The number of fused-ring (bicyclic) bond motifs is 1. The second-order valence-electron chi connectivity index (χ2n) is 9.39. The summed E-state index contributed by atoms with van der Waals surface area (Å²) in [5, 5.41) is 6.55. The smallest absolute Gasteiger partial charge is 0.414 e. The van der Waals surface area contributed by atoms with Crippen LogP contribution in [0.3, 0.4) is 0 Å². The first kappa shape index (κ1) is 26.1. The Morgan fingerprint density at radius 2 is 2.06 bits per heavy atom. The summed E-state index contributed by atoms with van der Waals surface area (Å²) in [5.74, 6) is -1.21. The van der Waals surface area contributed by atoms with Gasteiger partial charge in [-0.25, -0.2) is 4.79 Å². The maximum absolute atomic E-state index is 13.0. The molecule has 2 unspecified atom stereocenters. The van der Waals surface area contributed by atoms with Crippen molar-refractivity contribution >= 4 is 29.8 Å². The summed E-state index contributed by atoms with van der Waals surface area (Å²) in [5.41, 5.74) is 1.76. The lowest BCUT2D eigenvalue weighted by Crippen LogP contribution is -2.29. The highest BCUT2D eigenvalue weighted by molar-refractivity contribution is 6.16. The third-order valence-corrected chi connectivity index (χ3v) is 5.63. The largest absolute Gasteiger partial charge is 0.462 e. The van der Waals surface area contributed by atoms with E-state index in [2.05, 4.69) is 15.2 Å². The summed E-state index contributed by atoms with van der Waals surface area (Å²) in [7, 11) is 1.81. The number of aromatic nitrogens is 1. The molecule has 0 radical (unpaired) electrons. The number of carbonyl (C=O) groups excluding carboxylic acids is 4. The van der Waals surface area contributed by atoms with Crippen molar-refractivity contribution in [2.75, 3.05) is 25.0 Å². The molecule has 1 amide bonds. The van der Waals surface area contributed by atoms with Crippen LogP contribution in [0.1, 0.15) is 60.1 Å². The molecule has 2 atom stereocenters. The van der Waals surface area contributed by atoms with E-state index in [1.165, 1.54) is 12.3 Å². The lowest BCUT2D eigenvalue weighted by molar-refractivity contribution is -0.138. The van der Waals surface area contributed by atoms with Crippen molar-refractivity contribution in [2.24, 2.45) is 5.92 Å². The van der Waals surface area contributed by atoms with Crippen LogP contribution in [0.2, 0.25) is 0 Å². The maximum atomic E-state index is 13.0. The van der Waals surface area contributed by atoms with Gasteiger partial charge in [-0.2, -0.15) is 0 Å². The minimum absolute atomic E-state index is 0.105. The number of aryl methyl sites for hydroxylation is 1. The van der Waals surface area contributed by atoms with Crippen LogP contribution in [0.5, 0.6) is 0 Å².